The predicted molar refractivity (Wildman–Crippen MR) is 109 cm³/mol. The third-order valence-corrected chi connectivity index (χ3v) is 4.99. The van der Waals surface area contributed by atoms with Gasteiger partial charge in [-0.15, -0.1) is 11.3 Å². The maximum absolute atomic E-state index is 13.2. The van der Waals surface area contributed by atoms with Crippen LogP contribution in [0.25, 0.3) is 27.6 Å². The first-order valence-corrected chi connectivity index (χ1v) is 9.54. The lowest BCUT2D eigenvalue weighted by Gasteiger charge is -2.03. The van der Waals surface area contributed by atoms with Crippen LogP contribution in [0.3, 0.4) is 0 Å². The predicted octanol–water partition coefficient (Wildman–Crippen LogP) is 5.07. The van der Waals surface area contributed by atoms with E-state index in [1.165, 1.54) is 36.0 Å². The molecule has 2 aromatic heterocycles. The Hall–Kier alpha value is -3.32. The van der Waals surface area contributed by atoms with Crippen molar-refractivity contribution < 1.29 is 9.18 Å². The number of amides is 1. The molecule has 4 rings (SSSR count). The smallest absolute Gasteiger partial charge is 0.222 e. The highest BCUT2D eigenvalue weighted by molar-refractivity contribution is 7.12. The lowest BCUT2D eigenvalue weighted by atomic mass is 10.1. The van der Waals surface area contributed by atoms with Gasteiger partial charge in [0, 0.05) is 29.5 Å². The first kappa shape index (κ1) is 18.1. The normalized spacial score (nSPS) is 10.8. The highest BCUT2D eigenvalue weighted by atomic mass is 32.1. The molecule has 140 valence electrons. The highest BCUT2D eigenvalue weighted by Gasteiger charge is 2.15. The van der Waals surface area contributed by atoms with E-state index in [0.717, 1.165) is 16.8 Å². The molecule has 0 spiro atoms. The second-order valence-electron chi connectivity index (χ2n) is 6.40. The summed E-state index contributed by atoms with van der Waals surface area (Å²) in [4.78, 5) is 16.3. The van der Waals surface area contributed by atoms with Gasteiger partial charge in [-0.1, -0.05) is 29.8 Å². The summed E-state index contributed by atoms with van der Waals surface area (Å²) >= 11 is 1.43. The molecule has 0 aliphatic rings. The topological polar surface area (TPSA) is 59.8 Å². The van der Waals surface area contributed by atoms with Gasteiger partial charge in [0.25, 0.3) is 0 Å². The molecule has 1 N–H and O–H groups in total. The quantitative estimate of drug-likeness (QED) is 0.528. The molecule has 0 unspecified atom stereocenters. The zero-order valence-corrected chi connectivity index (χ0v) is 16.1. The molecule has 4 aromatic rings. The minimum absolute atomic E-state index is 0.206. The molecule has 7 heteroatoms. The summed E-state index contributed by atoms with van der Waals surface area (Å²) in [6, 6.07) is 15.9. The molecule has 2 aromatic carbocycles. The third kappa shape index (κ3) is 3.70. The van der Waals surface area contributed by atoms with Crippen LogP contribution in [-0.2, 0) is 4.79 Å². The van der Waals surface area contributed by atoms with Crippen LogP contribution >= 0.6 is 11.3 Å². The molecule has 5 nitrogen and oxygen atoms in total. The standard InChI is InChI=1S/C21H17FN4OS/c1-13-3-5-16(6-4-13)19-12-28-21(24-19)26-20(23-14(2)27)11-18(25-26)15-7-9-17(22)10-8-15/h3-12H,1-2H3,(H,23,27). The minimum atomic E-state index is -0.312. The van der Waals surface area contributed by atoms with Gasteiger partial charge < -0.3 is 5.32 Å². The first-order chi connectivity index (χ1) is 13.5. The number of carbonyl (C=O) groups is 1. The van der Waals surface area contributed by atoms with Gasteiger partial charge in [0.15, 0.2) is 0 Å². The second kappa shape index (κ2) is 7.36. The van der Waals surface area contributed by atoms with E-state index in [4.69, 9.17) is 0 Å². The van der Waals surface area contributed by atoms with Gasteiger partial charge in [0.05, 0.1) is 11.4 Å². The van der Waals surface area contributed by atoms with Crippen molar-refractivity contribution in [1.29, 1.82) is 0 Å². The van der Waals surface area contributed by atoms with E-state index in [9.17, 15) is 9.18 Å². The Labute approximate surface area is 165 Å². The van der Waals surface area contributed by atoms with Gasteiger partial charge in [0.2, 0.25) is 11.0 Å². The number of carbonyl (C=O) groups excluding carboxylic acids is 1. The van der Waals surface area contributed by atoms with E-state index in [1.54, 1.807) is 22.9 Å². The zero-order chi connectivity index (χ0) is 19.7. The second-order valence-corrected chi connectivity index (χ2v) is 7.23. The number of benzene rings is 2. The van der Waals surface area contributed by atoms with Gasteiger partial charge in [-0.2, -0.15) is 9.78 Å². The fourth-order valence-electron chi connectivity index (χ4n) is 2.78. The monoisotopic (exact) mass is 392 g/mol. The number of hydrogen-bond acceptors (Lipinski definition) is 4. The largest absolute Gasteiger partial charge is 0.311 e. The Balaban J connectivity index is 1.74. The Kier molecular flexibility index (Phi) is 4.75. The van der Waals surface area contributed by atoms with Crippen LogP contribution in [0.5, 0.6) is 0 Å². The average molecular weight is 392 g/mol. The van der Waals surface area contributed by atoms with Crippen LogP contribution in [0.2, 0.25) is 0 Å². The van der Waals surface area contributed by atoms with Gasteiger partial charge in [-0.05, 0) is 31.2 Å². The molecular formula is C21H17FN4OS. The number of nitrogens with one attached hydrogen (secondary N) is 1. The number of rotatable bonds is 4. The van der Waals surface area contributed by atoms with Crippen LogP contribution in [0.4, 0.5) is 10.2 Å². The highest BCUT2D eigenvalue weighted by Crippen LogP contribution is 2.29. The number of aryl methyl sites for hydroxylation is 1. The minimum Gasteiger partial charge on any atom is -0.311 e. The van der Waals surface area contributed by atoms with E-state index >= 15 is 0 Å². The number of anilines is 1. The molecule has 0 aliphatic heterocycles. The summed E-state index contributed by atoms with van der Waals surface area (Å²) in [5.41, 5.74) is 4.41. The Bertz CT molecular complexity index is 1130. The number of aromatic nitrogens is 3. The Morgan fingerprint density at radius 2 is 1.68 bits per heavy atom. The third-order valence-electron chi connectivity index (χ3n) is 4.17. The van der Waals surface area contributed by atoms with Crippen molar-refractivity contribution in [2.45, 2.75) is 13.8 Å². The van der Waals surface area contributed by atoms with Crippen molar-refractivity contribution in [2.24, 2.45) is 0 Å². The van der Waals surface area contributed by atoms with Crippen molar-refractivity contribution in [3.05, 3.63) is 71.4 Å². The molecule has 1 amide bonds. The zero-order valence-electron chi connectivity index (χ0n) is 15.3. The van der Waals surface area contributed by atoms with E-state index < -0.39 is 0 Å². The molecule has 2 heterocycles. The average Bonchev–Trinajstić information content (AvgIpc) is 3.30. The lowest BCUT2D eigenvalue weighted by molar-refractivity contribution is -0.114. The number of thiazole rings is 1. The summed E-state index contributed by atoms with van der Waals surface area (Å²) in [6.07, 6.45) is 0. The van der Waals surface area contributed by atoms with Crippen molar-refractivity contribution >= 4 is 23.1 Å². The van der Waals surface area contributed by atoms with E-state index in [-0.39, 0.29) is 11.7 Å². The molecule has 28 heavy (non-hydrogen) atoms. The van der Waals surface area contributed by atoms with Crippen LogP contribution in [0.15, 0.2) is 60.0 Å². The Morgan fingerprint density at radius 3 is 2.36 bits per heavy atom. The van der Waals surface area contributed by atoms with Gasteiger partial charge in [-0.3, -0.25) is 4.79 Å². The van der Waals surface area contributed by atoms with E-state index in [0.29, 0.717) is 16.6 Å². The molecule has 0 bridgehead atoms. The molecule has 0 fully saturated rings. The van der Waals surface area contributed by atoms with Crippen LogP contribution in [-0.4, -0.2) is 20.7 Å². The molecular weight excluding hydrogens is 375 g/mol. The molecule has 0 saturated carbocycles. The maximum atomic E-state index is 13.2. The van der Waals surface area contributed by atoms with Crippen LogP contribution in [0.1, 0.15) is 12.5 Å². The summed E-state index contributed by atoms with van der Waals surface area (Å²) < 4.78 is 14.8. The summed E-state index contributed by atoms with van der Waals surface area (Å²) in [6.45, 7) is 3.48. The SMILES string of the molecule is CC(=O)Nc1cc(-c2ccc(F)cc2)nn1-c1nc(-c2ccc(C)cc2)cs1. The van der Waals surface area contributed by atoms with E-state index in [1.807, 2.05) is 36.6 Å². The number of halogens is 1. The summed E-state index contributed by atoms with van der Waals surface area (Å²) in [7, 11) is 0. The fourth-order valence-corrected chi connectivity index (χ4v) is 3.57. The number of nitrogens with zero attached hydrogens (tertiary/aromatic N) is 3. The van der Waals surface area contributed by atoms with Crippen molar-refractivity contribution in [3.63, 3.8) is 0 Å². The van der Waals surface area contributed by atoms with Gasteiger partial charge in [-0.25, -0.2) is 9.37 Å². The van der Waals surface area contributed by atoms with Crippen molar-refractivity contribution in [1.82, 2.24) is 14.8 Å². The molecule has 0 radical (unpaired) electrons. The first-order valence-electron chi connectivity index (χ1n) is 8.66. The van der Waals surface area contributed by atoms with E-state index in [2.05, 4.69) is 15.4 Å². The Morgan fingerprint density at radius 1 is 1.04 bits per heavy atom. The van der Waals surface area contributed by atoms with Crippen molar-refractivity contribution in [2.75, 3.05) is 5.32 Å². The summed E-state index contributed by atoms with van der Waals surface area (Å²) in [5, 5.41) is 9.95. The number of hydrogen-bond donors (Lipinski definition) is 1. The lowest BCUT2D eigenvalue weighted by Crippen LogP contribution is -2.10. The van der Waals surface area contributed by atoms with Crippen molar-refractivity contribution in [3.8, 4) is 27.6 Å². The molecule has 0 atom stereocenters. The fraction of sp³-hybridized carbons (Fsp3) is 0.0952. The van der Waals surface area contributed by atoms with Gasteiger partial charge in [0.1, 0.15) is 11.6 Å². The van der Waals surface area contributed by atoms with Crippen LogP contribution < -0.4 is 5.32 Å². The molecule has 0 aliphatic carbocycles. The van der Waals surface area contributed by atoms with Gasteiger partial charge >= 0.3 is 0 Å². The van der Waals surface area contributed by atoms with Crippen LogP contribution in [0, 0.1) is 12.7 Å². The molecule has 0 saturated heterocycles. The maximum Gasteiger partial charge on any atom is 0.222 e. The summed E-state index contributed by atoms with van der Waals surface area (Å²) in [5.74, 6) is -0.00770.